The molecule has 0 aliphatic heterocycles. The fraction of sp³-hybridized carbons (Fsp3) is 0.292. The average Bonchev–Trinajstić information content (AvgIpc) is 3.47. The van der Waals surface area contributed by atoms with Crippen molar-refractivity contribution < 1.29 is 4.74 Å². The standard InChI is InChI=1S/C24H26N8O2/c1-5-14-10-15-19(17(11-14)34-4)30-23(28-15)18-21(27-13(3)22-25-8-7-9-26-22)20-16(29-24(18)33)12-32(6-2)31-20/h7-13,27H,5-6H2,1-4H3,(H,28,30)(H,29,33)/t13-/m0/s1. The predicted molar refractivity (Wildman–Crippen MR) is 131 cm³/mol. The number of rotatable bonds is 7. The molecule has 174 valence electrons. The minimum Gasteiger partial charge on any atom is -0.494 e. The number of anilines is 1. The molecule has 0 saturated carbocycles. The van der Waals surface area contributed by atoms with E-state index in [9.17, 15) is 4.79 Å². The number of methoxy groups -OCH3 is 1. The van der Waals surface area contributed by atoms with Gasteiger partial charge in [0, 0.05) is 25.1 Å². The number of H-pyrrole nitrogens is 2. The summed E-state index contributed by atoms with van der Waals surface area (Å²) in [5.74, 6) is 1.69. The number of aromatic amines is 2. The molecule has 0 saturated heterocycles. The molecular weight excluding hydrogens is 432 g/mol. The van der Waals surface area contributed by atoms with Crippen LogP contribution in [0.15, 0.2) is 41.6 Å². The van der Waals surface area contributed by atoms with Crippen LogP contribution >= 0.6 is 0 Å². The minimum absolute atomic E-state index is 0.276. The van der Waals surface area contributed by atoms with Crippen molar-refractivity contribution in [2.75, 3.05) is 12.4 Å². The van der Waals surface area contributed by atoms with Crippen LogP contribution in [0.1, 0.15) is 38.2 Å². The molecule has 0 bridgehead atoms. The first kappa shape index (κ1) is 21.6. The Morgan fingerprint density at radius 2 is 1.91 bits per heavy atom. The molecule has 34 heavy (non-hydrogen) atoms. The quantitative estimate of drug-likeness (QED) is 0.338. The van der Waals surface area contributed by atoms with Gasteiger partial charge in [0.2, 0.25) is 0 Å². The topological polar surface area (TPSA) is 126 Å². The first-order valence-electron chi connectivity index (χ1n) is 11.3. The van der Waals surface area contributed by atoms with Crippen molar-refractivity contribution >= 4 is 27.8 Å². The molecule has 0 radical (unpaired) electrons. The number of hydrogen-bond acceptors (Lipinski definition) is 7. The lowest BCUT2D eigenvalue weighted by Gasteiger charge is -2.16. The number of ether oxygens (including phenoxy) is 1. The number of nitrogens with one attached hydrogen (secondary N) is 3. The van der Waals surface area contributed by atoms with Gasteiger partial charge in [0.1, 0.15) is 34.0 Å². The van der Waals surface area contributed by atoms with E-state index in [1.807, 2.05) is 32.2 Å². The lowest BCUT2D eigenvalue weighted by Crippen LogP contribution is -2.17. The average molecular weight is 459 g/mol. The molecule has 4 heterocycles. The maximum Gasteiger partial charge on any atom is 0.261 e. The molecule has 1 aromatic carbocycles. The van der Waals surface area contributed by atoms with Crippen LogP contribution < -0.4 is 15.6 Å². The Balaban J connectivity index is 1.74. The molecule has 0 spiro atoms. The molecule has 0 amide bonds. The Morgan fingerprint density at radius 3 is 2.62 bits per heavy atom. The highest BCUT2D eigenvalue weighted by molar-refractivity contribution is 5.97. The highest BCUT2D eigenvalue weighted by atomic mass is 16.5. The second-order valence-corrected chi connectivity index (χ2v) is 8.06. The zero-order valence-corrected chi connectivity index (χ0v) is 19.5. The largest absolute Gasteiger partial charge is 0.494 e. The highest BCUT2D eigenvalue weighted by Crippen LogP contribution is 2.34. The van der Waals surface area contributed by atoms with E-state index in [4.69, 9.17) is 14.8 Å². The molecule has 0 aliphatic rings. The normalized spacial score (nSPS) is 12.4. The van der Waals surface area contributed by atoms with E-state index in [1.54, 1.807) is 30.3 Å². The van der Waals surface area contributed by atoms with Gasteiger partial charge >= 0.3 is 0 Å². The number of imidazole rings is 1. The maximum atomic E-state index is 13.4. The van der Waals surface area contributed by atoms with Crippen molar-refractivity contribution in [1.82, 2.24) is 34.7 Å². The number of fused-ring (bicyclic) bond motifs is 2. The predicted octanol–water partition coefficient (Wildman–Crippen LogP) is 3.82. The number of pyridine rings is 1. The number of nitrogens with zero attached hydrogens (tertiary/aromatic N) is 5. The molecule has 5 aromatic rings. The summed E-state index contributed by atoms with van der Waals surface area (Å²) < 4.78 is 7.36. The molecule has 3 N–H and O–H groups in total. The van der Waals surface area contributed by atoms with Crippen molar-refractivity contribution in [1.29, 1.82) is 0 Å². The molecule has 10 heteroatoms. The summed E-state index contributed by atoms with van der Waals surface area (Å²) in [5.41, 5.74) is 4.52. The third kappa shape index (κ3) is 3.66. The molecular formula is C24H26N8O2. The van der Waals surface area contributed by atoms with Crippen molar-refractivity contribution in [2.45, 2.75) is 39.8 Å². The van der Waals surface area contributed by atoms with E-state index in [-0.39, 0.29) is 11.6 Å². The summed E-state index contributed by atoms with van der Waals surface area (Å²) in [6.07, 6.45) is 6.06. The zero-order chi connectivity index (χ0) is 23.8. The Labute approximate surface area is 195 Å². The van der Waals surface area contributed by atoms with Gasteiger partial charge in [0.15, 0.2) is 0 Å². The van der Waals surface area contributed by atoms with Crippen molar-refractivity contribution in [3.8, 4) is 17.1 Å². The van der Waals surface area contributed by atoms with Crippen LogP contribution in [-0.4, -0.2) is 41.8 Å². The number of benzene rings is 1. The fourth-order valence-electron chi connectivity index (χ4n) is 4.08. The van der Waals surface area contributed by atoms with Crippen LogP contribution in [0.3, 0.4) is 0 Å². The highest BCUT2D eigenvalue weighted by Gasteiger charge is 2.23. The minimum atomic E-state index is -0.277. The molecule has 4 aromatic heterocycles. The van der Waals surface area contributed by atoms with E-state index < -0.39 is 0 Å². The summed E-state index contributed by atoms with van der Waals surface area (Å²) in [5, 5.41) is 8.13. The van der Waals surface area contributed by atoms with Gasteiger partial charge in [-0.3, -0.25) is 9.48 Å². The molecule has 0 fully saturated rings. The smallest absolute Gasteiger partial charge is 0.261 e. The van der Waals surface area contributed by atoms with Crippen LogP contribution in [0.2, 0.25) is 0 Å². The summed E-state index contributed by atoms with van der Waals surface area (Å²) in [4.78, 5) is 33.1. The first-order valence-corrected chi connectivity index (χ1v) is 11.3. The number of aromatic nitrogens is 7. The Kier molecular flexibility index (Phi) is 5.48. The Bertz CT molecular complexity index is 1530. The molecule has 0 aliphatic carbocycles. The molecule has 1 atom stereocenters. The van der Waals surface area contributed by atoms with E-state index in [0.717, 1.165) is 17.5 Å². The van der Waals surface area contributed by atoms with Gasteiger partial charge in [0.05, 0.1) is 29.9 Å². The Hall–Kier alpha value is -4.21. The first-order chi connectivity index (χ1) is 16.5. The van der Waals surface area contributed by atoms with Crippen LogP contribution in [0, 0.1) is 0 Å². The van der Waals surface area contributed by atoms with Crippen LogP contribution in [0.4, 0.5) is 5.69 Å². The zero-order valence-electron chi connectivity index (χ0n) is 19.5. The SMILES string of the molecule is CCc1cc(OC)c2nc(-c3c(N[C@@H](C)c4ncccn4)c4nn(CC)cc4[nH]c3=O)[nH]c2c1. The number of aryl methyl sites for hydroxylation is 2. The van der Waals surface area contributed by atoms with Crippen LogP contribution in [0.5, 0.6) is 5.75 Å². The van der Waals surface area contributed by atoms with Gasteiger partial charge in [0.25, 0.3) is 5.56 Å². The Morgan fingerprint density at radius 1 is 1.12 bits per heavy atom. The number of hydrogen-bond donors (Lipinski definition) is 3. The fourth-order valence-corrected chi connectivity index (χ4v) is 4.08. The van der Waals surface area contributed by atoms with Crippen molar-refractivity contribution in [3.63, 3.8) is 0 Å². The van der Waals surface area contributed by atoms with Gasteiger partial charge in [-0.2, -0.15) is 5.10 Å². The van der Waals surface area contributed by atoms with E-state index in [2.05, 4.69) is 32.2 Å². The third-order valence-corrected chi connectivity index (χ3v) is 5.86. The lowest BCUT2D eigenvalue weighted by molar-refractivity contribution is 0.418. The molecule has 5 rings (SSSR count). The van der Waals surface area contributed by atoms with Crippen LogP contribution in [-0.2, 0) is 13.0 Å². The van der Waals surface area contributed by atoms with Gasteiger partial charge < -0.3 is 20.0 Å². The van der Waals surface area contributed by atoms with Crippen LogP contribution in [0.25, 0.3) is 33.5 Å². The van der Waals surface area contributed by atoms with Gasteiger partial charge in [-0.05, 0) is 44.0 Å². The summed E-state index contributed by atoms with van der Waals surface area (Å²) in [7, 11) is 1.62. The van der Waals surface area contributed by atoms with E-state index >= 15 is 0 Å². The maximum absolute atomic E-state index is 13.4. The van der Waals surface area contributed by atoms with Gasteiger partial charge in [-0.1, -0.05) is 6.92 Å². The molecule has 10 nitrogen and oxygen atoms in total. The second kappa shape index (κ2) is 8.62. The van der Waals surface area contributed by atoms with Crippen molar-refractivity contribution in [3.05, 3.63) is 58.5 Å². The third-order valence-electron chi connectivity index (χ3n) is 5.86. The summed E-state index contributed by atoms with van der Waals surface area (Å²) in [6.45, 7) is 6.69. The lowest BCUT2D eigenvalue weighted by atomic mass is 10.1. The van der Waals surface area contributed by atoms with E-state index in [0.29, 0.717) is 51.7 Å². The summed E-state index contributed by atoms with van der Waals surface area (Å²) in [6, 6.07) is 5.49. The van der Waals surface area contributed by atoms with E-state index in [1.165, 1.54) is 0 Å². The second-order valence-electron chi connectivity index (χ2n) is 8.06. The summed E-state index contributed by atoms with van der Waals surface area (Å²) >= 11 is 0. The van der Waals surface area contributed by atoms with Gasteiger partial charge in [-0.25, -0.2) is 15.0 Å². The van der Waals surface area contributed by atoms with Gasteiger partial charge in [-0.15, -0.1) is 0 Å². The monoisotopic (exact) mass is 458 g/mol. The molecule has 0 unspecified atom stereocenters. The van der Waals surface area contributed by atoms with Crippen molar-refractivity contribution in [2.24, 2.45) is 0 Å².